The van der Waals surface area contributed by atoms with Gasteiger partial charge in [0.25, 0.3) is 5.88 Å². The summed E-state index contributed by atoms with van der Waals surface area (Å²) < 4.78 is 12.2. The van der Waals surface area contributed by atoms with E-state index in [1.807, 2.05) is 36.1 Å². The summed E-state index contributed by atoms with van der Waals surface area (Å²) in [5, 5.41) is 7.66. The number of ether oxygens (including phenoxy) is 1. The van der Waals surface area contributed by atoms with Gasteiger partial charge in [0, 0.05) is 6.07 Å². The van der Waals surface area contributed by atoms with E-state index in [0.29, 0.717) is 18.2 Å². The number of aryl methyl sites for hydroxylation is 1. The van der Waals surface area contributed by atoms with Gasteiger partial charge in [0.2, 0.25) is 0 Å². The summed E-state index contributed by atoms with van der Waals surface area (Å²) in [5.74, 6) is 0.463. The van der Waals surface area contributed by atoms with Gasteiger partial charge in [0.15, 0.2) is 18.1 Å². The topological polar surface area (TPSA) is 52.0 Å². The molecule has 17 heavy (non-hydrogen) atoms. The van der Waals surface area contributed by atoms with Gasteiger partial charge in [-0.3, -0.25) is 0 Å². The summed E-state index contributed by atoms with van der Waals surface area (Å²) in [4.78, 5) is 0. The first-order valence-corrected chi connectivity index (χ1v) is 5.72. The molecule has 0 radical (unpaired) electrons. The molecule has 0 unspecified atom stereocenters. The maximum Gasteiger partial charge on any atom is 0.284 e. The van der Waals surface area contributed by atoms with Gasteiger partial charge in [-0.2, -0.15) is 0 Å². The second kappa shape index (κ2) is 5.43. The Morgan fingerprint density at radius 2 is 2.29 bits per heavy atom. The molecule has 0 fully saturated rings. The zero-order valence-electron chi connectivity index (χ0n) is 10.1. The molecule has 0 atom stereocenters. The Labute approximate surface area is 100.0 Å². The van der Waals surface area contributed by atoms with Crippen LogP contribution in [0.5, 0.6) is 5.88 Å². The van der Waals surface area contributed by atoms with Crippen molar-refractivity contribution in [3.8, 4) is 17.1 Å². The second-order valence-corrected chi connectivity index (χ2v) is 3.88. The van der Waals surface area contributed by atoms with E-state index in [1.165, 1.54) is 0 Å². The molecule has 0 aromatic carbocycles. The van der Waals surface area contributed by atoms with Gasteiger partial charge in [-0.25, -0.2) is 9.20 Å². The van der Waals surface area contributed by atoms with E-state index in [1.54, 1.807) is 0 Å². The Kier molecular flexibility index (Phi) is 3.69. The summed E-state index contributed by atoms with van der Waals surface area (Å²) in [6.07, 6.45) is 5.98. The fraction of sp³-hybridized carbons (Fsp3) is 0.417. The van der Waals surface area contributed by atoms with Gasteiger partial charge in [0.05, 0.1) is 12.2 Å². The molecule has 2 rings (SSSR count). The number of pyridine rings is 1. The number of nitrogens with zero attached hydrogens (tertiary/aromatic N) is 3. The molecule has 0 bridgehead atoms. The van der Waals surface area contributed by atoms with Crippen molar-refractivity contribution in [3.05, 3.63) is 24.5 Å². The highest BCUT2D eigenvalue weighted by atomic mass is 16.6. The largest absolute Gasteiger partial charge is 0.474 e. The Morgan fingerprint density at radius 1 is 1.41 bits per heavy atom. The van der Waals surface area contributed by atoms with Crippen molar-refractivity contribution in [2.24, 2.45) is 7.05 Å². The zero-order valence-corrected chi connectivity index (χ0v) is 10.1. The monoisotopic (exact) mass is 234 g/mol. The second-order valence-electron chi connectivity index (χ2n) is 3.88. The minimum atomic E-state index is 0.463. The predicted octanol–water partition coefficient (Wildman–Crippen LogP) is 1.74. The summed E-state index contributed by atoms with van der Waals surface area (Å²) in [5.41, 5.74) is 1.58. The molecule has 90 valence electrons. The van der Waals surface area contributed by atoms with E-state index in [-0.39, 0.29) is 0 Å². The van der Waals surface area contributed by atoms with Crippen LogP contribution in [0.2, 0.25) is 0 Å². The van der Waals surface area contributed by atoms with Crippen LogP contribution >= 0.6 is 0 Å². The Morgan fingerprint density at radius 3 is 3.06 bits per heavy atom. The third-order valence-electron chi connectivity index (χ3n) is 2.41. The summed E-state index contributed by atoms with van der Waals surface area (Å²) in [7, 11) is 1.95. The van der Waals surface area contributed by atoms with E-state index in [0.717, 1.165) is 18.4 Å². The molecule has 2 heterocycles. The van der Waals surface area contributed by atoms with Crippen molar-refractivity contribution in [1.29, 1.82) is 0 Å². The van der Waals surface area contributed by atoms with E-state index in [4.69, 9.17) is 9.37 Å². The molecule has 5 nitrogen and oxygen atoms in total. The van der Waals surface area contributed by atoms with Crippen LogP contribution in [0.1, 0.15) is 19.8 Å². The molecule has 0 saturated heterocycles. The Bertz CT molecular complexity index is 482. The van der Waals surface area contributed by atoms with Crippen molar-refractivity contribution in [2.45, 2.75) is 19.8 Å². The average molecular weight is 234 g/mol. The average Bonchev–Trinajstić information content (AvgIpc) is 2.78. The van der Waals surface area contributed by atoms with Crippen LogP contribution in [0.3, 0.4) is 0 Å². The minimum Gasteiger partial charge on any atom is -0.474 e. The normalized spacial score (nSPS) is 10.5. The molecular formula is C12H16N3O2+. The van der Waals surface area contributed by atoms with Gasteiger partial charge in [-0.1, -0.05) is 13.3 Å². The number of hydrogen-bond donors (Lipinski definition) is 0. The highest BCUT2D eigenvalue weighted by molar-refractivity contribution is 5.61. The van der Waals surface area contributed by atoms with Crippen LogP contribution in [0.25, 0.3) is 11.3 Å². The summed E-state index contributed by atoms with van der Waals surface area (Å²) in [6, 6.07) is 3.89. The molecular weight excluding hydrogens is 218 g/mol. The van der Waals surface area contributed by atoms with Crippen molar-refractivity contribution >= 4 is 0 Å². The van der Waals surface area contributed by atoms with Crippen LogP contribution in [-0.2, 0) is 7.05 Å². The third-order valence-corrected chi connectivity index (χ3v) is 2.41. The molecule has 0 amide bonds. The van der Waals surface area contributed by atoms with Crippen LogP contribution in [0.15, 0.2) is 29.2 Å². The molecule has 0 spiro atoms. The van der Waals surface area contributed by atoms with Crippen LogP contribution in [0, 0.1) is 0 Å². The van der Waals surface area contributed by atoms with Crippen LogP contribution < -0.4 is 9.30 Å². The molecule has 5 heteroatoms. The first kappa shape index (κ1) is 11.6. The van der Waals surface area contributed by atoms with Gasteiger partial charge >= 0.3 is 0 Å². The minimum absolute atomic E-state index is 0.463. The fourth-order valence-electron chi connectivity index (χ4n) is 1.49. The standard InChI is InChI=1S/C12H16N3O2/c1-3-4-8-16-12-11(13-17-14-12)10-6-5-7-15(2)9-10/h5-7,9H,3-4,8H2,1-2H3/q+1. The van der Waals surface area contributed by atoms with Gasteiger partial charge in [-0.15, -0.1) is 0 Å². The van der Waals surface area contributed by atoms with E-state index < -0.39 is 0 Å². The number of aromatic nitrogens is 3. The van der Waals surface area contributed by atoms with Crippen molar-refractivity contribution in [3.63, 3.8) is 0 Å². The van der Waals surface area contributed by atoms with Gasteiger partial charge in [0.1, 0.15) is 7.05 Å². The predicted molar refractivity (Wildman–Crippen MR) is 61.3 cm³/mol. The molecule has 2 aromatic heterocycles. The molecule has 0 aliphatic carbocycles. The number of rotatable bonds is 5. The van der Waals surface area contributed by atoms with Crippen molar-refractivity contribution in [2.75, 3.05) is 6.61 Å². The lowest BCUT2D eigenvalue weighted by molar-refractivity contribution is -0.671. The lowest BCUT2D eigenvalue weighted by Gasteiger charge is -2.01. The highest BCUT2D eigenvalue weighted by Gasteiger charge is 2.15. The maximum absolute atomic E-state index is 5.54. The lowest BCUT2D eigenvalue weighted by atomic mass is 10.2. The van der Waals surface area contributed by atoms with E-state index >= 15 is 0 Å². The van der Waals surface area contributed by atoms with Crippen molar-refractivity contribution < 1.29 is 13.9 Å². The Hall–Kier alpha value is -1.91. The SMILES string of the molecule is CCCCOc1nonc1-c1ccc[n+](C)c1. The molecule has 0 N–H and O–H groups in total. The maximum atomic E-state index is 5.54. The third kappa shape index (κ3) is 2.81. The fourth-order valence-corrected chi connectivity index (χ4v) is 1.49. The van der Waals surface area contributed by atoms with Crippen LogP contribution in [0.4, 0.5) is 0 Å². The number of hydrogen-bond acceptors (Lipinski definition) is 4. The molecule has 0 saturated carbocycles. The number of unbranched alkanes of at least 4 members (excludes halogenated alkanes) is 1. The first-order valence-electron chi connectivity index (χ1n) is 5.72. The quantitative estimate of drug-likeness (QED) is 0.584. The molecule has 2 aromatic rings. The van der Waals surface area contributed by atoms with E-state index in [9.17, 15) is 0 Å². The Balaban J connectivity index is 2.18. The van der Waals surface area contributed by atoms with Gasteiger partial charge < -0.3 is 4.74 Å². The van der Waals surface area contributed by atoms with Crippen LogP contribution in [-0.4, -0.2) is 16.9 Å². The lowest BCUT2D eigenvalue weighted by Crippen LogP contribution is -2.26. The van der Waals surface area contributed by atoms with E-state index in [2.05, 4.69) is 17.2 Å². The summed E-state index contributed by atoms with van der Waals surface area (Å²) >= 11 is 0. The van der Waals surface area contributed by atoms with Crippen molar-refractivity contribution in [1.82, 2.24) is 10.3 Å². The summed E-state index contributed by atoms with van der Waals surface area (Å²) in [6.45, 7) is 2.75. The molecule has 0 aliphatic rings. The van der Waals surface area contributed by atoms with Gasteiger partial charge in [-0.05, 0) is 22.8 Å². The first-order chi connectivity index (χ1) is 8.31. The smallest absolute Gasteiger partial charge is 0.284 e. The molecule has 0 aliphatic heterocycles. The zero-order chi connectivity index (χ0) is 12.1. The highest BCUT2D eigenvalue weighted by Crippen LogP contribution is 2.24.